The van der Waals surface area contributed by atoms with E-state index in [9.17, 15) is 4.79 Å². The van der Waals surface area contributed by atoms with Gasteiger partial charge in [0.2, 0.25) is 11.7 Å². The molecular formula is C21H22N2O3Se. The average Bonchev–Trinajstić information content (AvgIpc) is 2.69. The Bertz CT molecular complexity index is 731. The van der Waals surface area contributed by atoms with Gasteiger partial charge in [0.1, 0.15) is 0 Å². The Morgan fingerprint density at radius 1 is 1.07 bits per heavy atom. The summed E-state index contributed by atoms with van der Waals surface area (Å²) in [6.07, 6.45) is -0.309. The first-order chi connectivity index (χ1) is 12.9. The molecular weight excluding hydrogens is 407 g/mol. The number of carbonyl (C=O) groups excluding carboxylic acids is 1. The molecule has 2 rings (SSSR count). The monoisotopic (exact) mass is 430 g/mol. The van der Waals surface area contributed by atoms with Crippen molar-refractivity contribution in [3.63, 3.8) is 0 Å². The molecule has 0 bridgehead atoms. The molecule has 0 aliphatic carbocycles. The first-order valence-corrected chi connectivity index (χ1v) is 10.2. The summed E-state index contributed by atoms with van der Waals surface area (Å²) in [7, 11) is 0. The fourth-order valence-electron chi connectivity index (χ4n) is 1.78. The van der Waals surface area contributed by atoms with E-state index in [-0.39, 0.29) is 0 Å². The summed E-state index contributed by atoms with van der Waals surface area (Å²) in [5.41, 5.74) is -1.84. The van der Waals surface area contributed by atoms with Gasteiger partial charge in [-0.05, 0) is 6.92 Å². The Hall–Kier alpha value is -2.63. The van der Waals surface area contributed by atoms with Gasteiger partial charge in [-0.2, -0.15) is 10.5 Å². The fourth-order valence-corrected chi connectivity index (χ4v) is 3.58. The Labute approximate surface area is 166 Å². The van der Waals surface area contributed by atoms with E-state index in [4.69, 9.17) is 15.6 Å². The molecule has 1 N–H and O–H groups in total. The van der Waals surface area contributed by atoms with Crippen LogP contribution in [0.4, 0.5) is 0 Å². The maximum atomic E-state index is 11.2. The molecule has 2 aromatic rings. The minimum atomic E-state index is -1.84. The summed E-state index contributed by atoms with van der Waals surface area (Å²) in [5, 5.41) is 26.2. The van der Waals surface area contributed by atoms with E-state index < -0.39 is 17.7 Å². The zero-order valence-corrected chi connectivity index (χ0v) is 17.0. The van der Waals surface area contributed by atoms with Crippen LogP contribution in [-0.2, 0) is 9.53 Å². The SMILES string of the molecule is CCCC(O)OC(=O)C(C)(C#N)C#N.c1ccc([Se]c2ccccc2)cc1. The second-order valence-electron chi connectivity index (χ2n) is 5.73. The second-order valence-corrected chi connectivity index (χ2v) is 8.13. The number of carbonyl (C=O) groups is 1. The van der Waals surface area contributed by atoms with Gasteiger partial charge < -0.3 is 9.84 Å². The molecule has 0 heterocycles. The number of nitriles is 2. The molecule has 0 radical (unpaired) electrons. The number of aliphatic hydroxyl groups is 1. The molecule has 1 atom stereocenters. The summed E-state index contributed by atoms with van der Waals surface area (Å²) in [6, 6.07) is 24.3. The van der Waals surface area contributed by atoms with Crippen molar-refractivity contribution in [1.82, 2.24) is 0 Å². The predicted molar refractivity (Wildman–Crippen MR) is 104 cm³/mol. The summed E-state index contributed by atoms with van der Waals surface area (Å²) in [4.78, 5) is 11.2. The number of esters is 1. The van der Waals surface area contributed by atoms with Crippen LogP contribution in [0, 0.1) is 28.1 Å². The van der Waals surface area contributed by atoms with Crippen LogP contribution in [0.2, 0.25) is 0 Å². The third-order valence-corrected chi connectivity index (χ3v) is 5.49. The number of nitrogens with zero attached hydrogens (tertiary/aromatic N) is 2. The van der Waals surface area contributed by atoms with Crippen molar-refractivity contribution in [3.05, 3.63) is 60.7 Å². The van der Waals surface area contributed by atoms with Crippen LogP contribution in [0.5, 0.6) is 0 Å². The van der Waals surface area contributed by atoms with Gasteiger partial charge in [0, 0.05) is 6.42 Å². The Balaban J connectivity index is 0.000000270. The summed E-state index contributed by atoms with van der Waals surface area (Å²) in [6.45, 7) is 2.96. The van der Waals surface area contributed by atoms with Gasteiger partial charge in [-0.1, -0.05) is 13.3 Å². The molecule has 0 fully saturated rings. The molecule has 0 saturated carbocycles. The zero-order chi connectivity index (χ0) is 20.1. The van der Waals surface area contributed by atoms with E-state index >= 15 is 0 Å². The standard InChI is InChI=1S/C12H10Se.C9H12N2O3/c1-3-7-11(8-4-1)13-12-9-5-2-6-10-12;1-3-4-7(12)14-8(13)9(2,5-10)6-11/h1-10H;7,12H,3-4H2,1-2H3. The third kappa shape index (κ3) is 8.07. The number of benzene rings is 2. The Morgan fingerprint density at radius 3 is 1.89 bits per heavy atom. The molecule has 0 spiro atoms. The van der Waals surface area contributed by atoms with Crippen LogP contribution in [0.3, 0.4) is 0 Å². The molecule has 0 aromatic heterocycles. The topological polar surface area (TPSA) is 94.1 Å². The van der Waals surface area contributed by atoms with Gasteiger partial charge >= 0.3 is 90.5 Å². The molecule has 0 saturated heterocycles. The first-order valence-electron chi connectivity index (χ1n) is 8.44. The number of aliphatic hydroxyl groups excluding tert-OH is 1. The van der Waals surface area contributed by atoms with Gasteiger partial charge in [-0.15, -0.1) is 0 Å². The minimum absolute atomic E-state index is 0.290. The van der Waals surface area contributed by atoms with Gasteiger partial charge in [0.05, 0.1) is 12.1 Å². The van der Waals surface area contributed by atoms with Crippen molar-refractivity contribution in [2.24, 2.45) is 5.41 Å². The summed E-state index contributed by atoms with van der Waals surface area (Å²) < 4.78 is 7.37. The Morgan fingerprint density at radius 2 is 1.52 bits per heavy atom. The van der Waals surface area contributed by atoms with E-state index in [1.54, 1.807) is 0 Å². The van der Waals surface area contributed by atoms with E-state index in [0.717, 1.165) is 6.92 Å². The fraction of sp³-hybridized carbons (Fsp3) is 0.286. The van der Waals surface area contributed by atoms with Gasteiger partial charge in [-0.3, -0.25) is 0 Å². The zero-order valence-electron chi connectivity index (χ0n) is 15.3. The molecule has 0 aliphatic heterocycles. The van der Waals surface area contributed by atoms with Crippen LogP contribution in [-0.4, -0.2) is 32.3 Å². The van der Waals surface area contributed by atoms with E-state index in [2.05, 4.69) is 65.4 Å². The molecule has 0 aliphatic rings. The van der Waals surface area contributed by atoms with E-state index in [1.807, 2.05) is 6.92 Å². The Kier molecular flexibility index (Phi) is 9.86. The van der Waals surface area contributed by atoms with Gasteiger partial charge in [0.25, 0.3) is 0 Å². The van der Waals surface area contributed by atoms with Crippen LogP contribution in [0.15, 0.2) is 60.7 Å². The van der Waals surface area contributed by atoms with E-state index in [0.29, 0.717) is 27.8 Å². The average molecular weight is 429 g/mol. The van der Waals surface area contributed by atoms with Crippen LogP contribution in [0.25, 0.3) is 0 Å². The molecule has 2 aromatic carbocycles. The van der Waals surface area contributed by atoms with Crippen molar-refractivity contribution in [2.75, 3.05) is 0 Å². The van der Waals surface area contributed by atoms with Crippen molar-refractivity contribution >= 4 is 29.8 Å². The van der Waals surface area contributed by atoms with Crippen molar-refractivity contribution < 1.29 is 14.6 Å². The molecule has 140 valence electrons. The molecule has 1 unspecified atom stereocenters. The summed E-state index contributed by atoms with van der Waals surface area (Å²) in [5.74, 6) is -1.01. The molecule has 5 nitrogen and oxygen atoms in total. The van der Waals surface area contributed by atoms with Crippen LogP contribution >= 0.6 is 0 Å². The van der Waals surface area contributed by atoms with Crippen LogP contribution in [0.1, 0.15) is 26.7 Å². The summed E-state index contributed by atoms with van der Waals surface area (Å²) >= 11 is 0.461. The number of hydrogen-bond acceptors (Lipinski definition) is 5. The second kappa shape index (κ2) is 11.9. The van der Waals surface area contributed by atoms with Gasteiger partial charge in [0.15, 0.2) is 0 Å². The van der Waals surface area contributed by atoms with E-state index in [1.165, 1.54) is 21.1 Å². The van der Waals surface area contributed by atoms with Crippen LogP contribution < -0.4 is 8.92 Å². The quantitative estimate of drug-likeness (QED) is 0.431. The first kappa shape index (κ1) is 22.4. The molecule has 27 heavy (non-hydrogen) atoms. The maximum absolute atomic E-state index is 11.2. The molecule has 0 amide bonds. The van der Waals surface area contributed by atoms with Crippen molar-refractivity contribution in [1.29, 1.82) is 10.5 Å². The normalized spacial score (nSPS) is 11.1. The number of rotatable bonds is 6. The third-order valence-electron chi connectivity index (χ3n) is 3.36. The van der Waals surface area contributed by atoms with Gasteiger partial charge in [-0.25, -0.2) is 4.79 Å². The number of ether oxygens (including phenoxy) is 1. The number of hydrogen-bond donors (Lipinski definition) is 1. The van der Waals surface area contributed by atoms with Crippen molar-refractivity contribution in [3.8, 4) is 12.1 Å². The predicted octanol–water partition coefficient (Wildman–Crippen LogP) is 2.04. The molecule has 6 heteroatoms. The van der Waals surface area contributed by atoms with Crippen molar-refractivity contribution in [2.45, 2.75) is 33.0 Å².